The number of pyridine rings is 1. The molecule has 1 amide bonds. The molecule has 0 saturated carbocycles. The zero-order valence-corrected chi connectivity index (χ0v) is 15.5. The maximum absolute atomic E-state index is 12.9. The molecule has 0 spiro atoms. The van der Waals surface area contributed by atoms with E-state index in [1.165, 1.54) is 0 Å². The van der Waals surface area contributed by atoms with Crippen LogP contribution in [0.4, 0.5) is 0 Å². The molecule has 0 radical (unpaired) electrons. The number of carbonyl (C=O) groups is 1. The molecule has 3 aromatic rings. The van der Waals surface area contributed by atoms with E-state index in [0.29, 0.717) is 18.7 Å². The maximum atomic E-state index is 12.9. The molecule has 3 heterocycles. The number of benzene rings is 1. The molecule has 1 fully saturated rings. The zero-order valence-electron chi connectivity index (χ0n) is 15.5. The van der Waals surface area contributed by atoms with E-state index >= 15 is 0 Å². The lowest BCUT2D eigenvalue weighted by Crippen LogP contribution is -2.29. The van der Waals surface area contributed by atoms with Gasteiger partial charge in [-0.2, -0.15) is 0 Å². The number of nitrogens with zero attached hydrogens (tertiary/aromatic N) is 4. The molecular weight excluding hydrogens is 340 g/mol. The number of aliphatic hydroxyl groups is 1. The number of hydrogen-bond donors (Lipinski definition) is 1. The highest BCUT2D eigenvalue weighted by Gasteiger charge is 2.34. The van der Waals surface area contributed by atoms with Crippen LogP contribution in [0, 0.1) is 19.8 Å². The molecule has 2 aromatic heterocycles. The smallest absolute Gasteiger partial charge is 0.254 e. The van der Waals surface area contributed by atoms with Gasteiger partial charge in [0.15, 0.2) is 0 Å². The Balaban J connectivity index is 1.53. The van der Waals surface area contributed by atoms with Crippen LogP contribution < -0.4 is 0 Å². The summed E-state index contributed by atoms with van der Waals surface area (Å²) in [5.74, 6) is -0.0466. The van der Waals surface area contributed by atoms with E-state index in [1.807, 2.05) is 32.0 Å². The van der Waals surface area contributed by atoms with E-state index in [9.17, 15) is 9.90 Å². The van der Waals surface area contributed by atoms with E-state index in [1.54, 1.807) is 29.4 Å². The van der Waals surface area contributed by atoms with Gasteiger partial charge in [-0.15, -0.1) is 0 Å². The van der Waals surface area contributed by atoms with Crippen molar-refractivity contribution in [2.24, 2.45) is 5.92 Å². The summed E-state index contributed by atoms with van der Waals surface area (Å²) >= 11 is 0. The number of fused-ring (bicyclic) bond motifs is 1. The van der Waals surface area contributed by atoms with Gasteiger partial charge in [0, 0.05) is 37.0 Å². The molecule has 6 heteroatoms. The van der Waals surface area contributed by atoms with E-state index in [0.717, 1.165) is 34.4 Å². The van der Waals surface area contributed by atoms with Crippen LogP contribution >= 0.6 is 0 Å². The molecule has 1 saturated heterocycles. The van der Waals surface area contributed by atoms with Gasteiger partial charge in [-0.25, -0.2) is 9.97 Å². The second-order valence-electron chi connectivity index (χ2n) is 7.20. The minimum absolute atomic E-state index is 0.0292. The van der Waals surface area contributed by atoms with Crippen molar-refractivity contribution >= 4 is 16.9 Å². The zero-order chi connectivity index (χ0) is 19.0. The Bertz CT molecular complexity index is 990. The number of hydrogen-bond acceptors (Lipinski definition) is 5. The fourth-order valence-electron chi connectivity index (χ4n) is 3.59. The average Bonchev–Trinajstić information content (AvgIpc) is 3.03. The van der Waals surface area contributed by atoms with E-state index in [2.05, 4.69) is 15.0 Å². The fourth-order valence-corrected chi connectivity index (χ4v) is 3.59. The van der Waals surface area contributed by atoms with Crippen molar-refractivity contribution in [3.05, 3.63) is 65.2 Å². The van der Waals surface area contributed by atoms with Crippen molar-refractivity contribution in [3.63, 3.8) is 0 Å². The van der Waals surface area contributed by atoms with Gasteiger partial charge >= 0.3 is 0 Å². The number of likely N-dealkylation sites (tertiary alicyclic amines) is 1. The van der Waals surface area contributed by atoms with Crippen molar-refractivity contribution in [2.45, 2.75) is 26.4 Å². The second-order valence-corrected chi connectivity index (χ2v) is 7.20. The third-order valence-electron chi connectivity index (χ3n) is 5.26. The number of amides is 1. The van der Waals surface area contributed by atoms with Crippen LogP contribution in [0.3, 0.4) is 0 Å². The Morgan fingerprint density at radius 1 is 1.07 bits per heavy atom. The van der Waals surface area contributed by atoms with Gasteiger partial charge < -0.3 is 10.0 Å². The normalized spacial score (nSPS) is 19.6. The Labute approximate surface area is 157 Å². The number of aryl methyl sites for hydroxylation is 2. The van der Waals surface area contributed by atoms with Crippen LogP contribution in [0.2, 0.25) is 0 Å². The quantitative estimate of drug-likeness (QED) is 0.773. The molecule has 1 aliphatic heterocycles. The fraction of sp³-hybridized carbons (Fsp3) is 0.333. The Hall–Kier alpha value is -2.86. The lowest BCUT2D eigenvalue weighted by molar-refractivity contribution is 0.0765. The van der Waals surface area contributed by atoms with Crippen LogP contribution in [-0.2, 0) is 6.42 Å². The van der Waals surface area contributed by atoms with Gasteiger partial charge in [0.25, 0.3) is 5.91 Å². The van der Waals surface area contributed by atoms with Crippen LogP contribution in [0.25, 0.3) is 11.0 Å². The molecule has 6 nitrogen and oxygen atoms in total. The van der Waals surface area contributed by atoms with E-state index < -0.39 is 6.10 Å². The average molecular weight is 362 g/mol. The summed E-state index contributed by atoms with van der Waals surface area (Å²) in [4.78, 5) is 27.7. The van der Waals surface area contributed by atoms with Crippen molar-refractivity contribution < 1.29 is 9.90 Å². The number of aromatic nitrogens is 3. The first-order chi connectivity index (χ1) is 13.0. The molecule has 1 N–H and O–H groups in total. The SMILES string of the molecule is Cc1nc2ccc(C(=O)N3C[C@@H](Cc4ccncc4)[C@@H](O)C3)cc2nc1C. The molecule has 138 valence electrons. The highest BCUT2D eigenvalue weighted by molar-refractivity contribution is 5.97. The van der Waals surface area contributed by atoms with Crippen molar-refractivity contribution in [1.29, 1.82) is 0 Å². The molecule has 2 atom stereocenters. The molecule has 1 aliphatic rings. The molecule has 0 unspecified atom stereocenters. The first-order valence-electron chi connectivity index (χ1n) is 9.12. The third-order valence-corrected chi connectivity index (χ3v) is 5.26. The van der Waals surface area contributed by atoms with Gasteiger partial charge in [0.05, 0.1) is 28.5 Å². The van der Waals surface area contributed by atoms with Crippen LogP contribution in [0.15, 0.2) is 42.7 Å². The summed E-state index contributed by atoms with van der Waals surface area (Å²) in [5, 5.41) is 10.4. The minimum atomic E-state index is -0.521. The van der Waals surface area contributed by atoms with Crippen LogP contribution in [-0.4, -0.2) is 50.1 Å². The Morgan fingerprint density at radius 2 is 1.78 bits per heavy atom. The van der Waals surface area contributed by atoms with Crippen LogP contribution in [0.5, 0.6) is 0 Å². The van der Waals surface area contributed by atoms with Crippen molar-refractivity contribution in [3.8, 4) is 0 Å². The Morgan fingerprint density at radius 3 is 2.52 bits per heavy atom. The molecular formula is C21H22N4O2. The van der Waals surface area contributed by atoms with E-state index in [4.69, 9.17) is 0 Å². The van der Waals surface area contributed by atoms with Gasteiger partial charge in [-0.1, -0.05) is 0 Å². The molecule has 27 heavy (non-hydrogen) atoms. The summed E-state index contributed by atoms with van der Waals surface area (Å²) in [5.41, 5.74) is 4.96. The van der Waals surface area contributed by atoms with E-state index in [-0.39, 0.29) is 11.8 Å². The summed E-state index contributed by atoms with van der Waals surface area (Å²) < 4.78 is 0. The van der Waals surface area contributed by atoms with Gasteiger partial charge in [0.1, 0.15) is 0 Å². The number of rotatable bonds is 3. The number of aliphatic hydroxyl groups excluding tert-OH is 1. The molecule has 0 bridgehead atoms. The van der Waals surface area contributed by atoms with Gasteiger partial charge in [-0.3, -0.25) is 9.78 Å². The molecule has 0 aliphatic carbocycles. The highest BCUT2D eigenvalue weighted by Crippen LogP contribution is 2.24. The predicted octanol–water partition coefficient (Wildman–Crippen LogP) is 2.32. The van der Waals surface area contributed by atoms with Crippen LogP contribution in [0.1, 0.15) is 27.3 Å². The maximum Gasteiger partial charge on any atom is 0.254 e. The first-order valence-corrected chi connectivity index (χ1v) is 9.12. The number of carbonyl (C=O) groups excluding carboxylic acids is 1. The minimum Gasteiger partial charge on any atom is -0.391 e. The predicted molar refractivity (Wildman–Crippen MR) is 102 cm³/mol. The standard InChI is InChI=1S/C21H22N4O2/c1-13-14(2)24-19-10-16(3-4-18(19)23-13)21(27)25-11-17(20(26)12-25)9-15-5-7-22-8-6-15/h3-8,10,17,20,26H,9,11-12H2,1-2H3/t17-,20+/m1/s1. The number of β-amino-alcohol motifs (C(OH)–C–C–N with tert-alkyl or cyclic N) is 1. The Kier molecular flexibility index (Phi) is 4.58. The van der Waals surface area contributed by atoms with Gasteiger partial charge in [0.2, 0.25) is 0 Å². The second kappa shape index (κ2) is 7.04. The summed E-state index contributed by atoms with van der Waals surface area (Å²) in [6.07, 6.45) is 3.71. The summed E-state index contributed by atoms with van der Waals surface area (Å²) in [6, 6.07) is 9.31. The summed E-state index contributed by atoms with van der Waals surface area (Å²) in [7, 11) is 0. The molecule has 4 rings (SSSR count). The van der Waals surface area contributed by atoms with Crippen molar-refractivity contribution in [1.82, 2.24) is 19.9 Å². The van der Waals surface area contributed by atoms with Crippen molar-refractivity contribution in [2.75, 3.05) is 13.1 Å². The monoisotopic (exact) mass is 362 g/mol. The molecule has 1 aromatic carbocycles. The summed E-state index contributed by atoms with van der Waals surface area (Å²) in [6.45, 7) is 4.73. The topological polar surface area (TPSA) is 79.2 Å². The lowest BCUT2D eigenvalue weighted by Gasteiger charge is -2.16. The third kappa shape index (κ3) is 3.53. The lowest BCUT2D eigenvalue weighted by atomic mass is 9.97. The first kappa shape index (κ1) is 17.5. The highest BCUT2D eigenvalue weighted by atomic mass is 16.3. The largest absolute Gasteiger partial charge is 0.391 e. The van der Waals surface area contributed by atoms with Gasteiger partial charge in [-0.05, 0) is 56.2 Å².